The van der Waals surface area contributed by atoms with Crippen molar-refractivity contribution >= 4 is 109 Å². The summed E-state index contributed by atoms with van der Waals surface area (Å²) in [5, 5.41) is 35.6. The normalized spacial score (nSPS) is 13.8. The predicted octanol–water partition coefficient (Wildman–Crippen LogP) is 10.3. The molecule has 0 spiro atoms. The lowest BCUT2D eigenvalue weighted by atomic mass is 9.76. The number of rotatable bonds is 21. The molecule has 1 saturated heterocycles. The van der Waals surface area contributed by atoms with Crippen LogP contribution in [0.4, 0.5) is 0 Å². The van der Waals surface area contributed by atoms with E-state index in [9.17, 15) is 43.8 Å². The molecule has 0 radical (unpaired) electrons. The minimum absolute atomic E-state index is 0.0337. The third-order valence-electron chi connectivity index (χ3n) is 13.8. The zero-order valence-corrected chi connectivity index (χ0v) is 56.2. The summed E-state index contributed by atoms with van der Waals surface area (Å²) in [6, 6.07) is 35.7. The topological polar surface area (TPSA) is 298 Å². The van der Waals surface area contributed by atoms with Crippen molar-refractivity contribution in [3.05, 3.63) is 210 Å². The van der Waals surface area contributed by atoms with Crippen LogP contribution in [0.25, 0.3) is 11.1 Å². The number of aliphatic hydroxyl groups is 2. The van der Waals surface area contributed by atoms with Crippen molar-refractivity contribution in [3.8, 4) is 11.1 Å². The second kappa shape index (κ2) is 36.3. The van der Waals surface area contributed by atoms with Gasteiger partial charge >= 0.3 is 37.0 Å². The SMILES string of the molecule is CCOC(=O)[C@H](O)[C@@H](Cc1ccccc1Cl)NC(=O)c1cc(Br)ccn1.CCOC(=O)c1ccccc1-c1ccnc(C(=O)N[C@H](Cc2ccccc2Cl)[C@@H](O)C(=O)OCC)c1.CCOC(=O)c1ccccc1B1OC(C)(C)C(C)(C)O1.O=C(O)c1cc(Br)ccn1. The number of carbonyl (C=O) groups is 7. The van der Waals surface area contributed by atoms with Crippen molar-refractivity contribution in [1.82, 2.24) is 25.6 Å². The summed E-state index contributed by atoms with van der Waals surface area (Å²) in [5.74, 6) is -4.66. The van der Waals surface area contributed by atoms with Crippen molar-refractivity contribution in [3.63, 3.8) is 0 Å². The van der Waals surface area contributed by atoms with Gasteiger partial charge in [0.1, 0.15) is 17.1 Å². The number of benzene rings is 4. The van der Waals surface area contributed by atoms with Crippen LogP contribution in [0.3, 0.4) is 0 Å². The smallest absolute Gasteiger partial charge is 0.477 e. The Labute approximate surface area is 560 Å². The molecule has 4 atom stereocenters. The molecule has 0 unspecified atom stereocenters. The molecule has 21 nitrogen and oxygen atoms in total. The largest absolute Gasteiger partial charge is 0.495 e. The van der Waals surface area contributed by atoms with Crippen LogP contribution in [0, 0.1) is 0 Å². The van der Waals surface area contributed by atoms with Gasteiger partial charge in [0.15, 0.2) is 12.2 Å². The van der Waals surface area contributed by atoms with Crippen LogP contribution in [0.2, 0.25) is 10.0 Å². The van der Waals surface area contributed by atoms with Crippen molar-refractivity contribution in [1.29, 1.82) is 0 Å². The molecule has 4 aromatic carbocycles. The zero-order chi connectivity index (χ0) is 67.7. The number of aromatic nitrogens is 3. The Morgan fingerprint density at radius 1 is 0.533 bits per heavy atom. The Balaban J connectivity index is 0.000000240. The number of carboxylic acid groups (broad SMARTS) is 1. The standard InChI is InChI=1S/C27H27ClN2O6.C18H18BrClN2O4.C15H21BO4.C6H4BrNO2/c1-3-35-26(33)20-11-7-6-10-19(20)17-13-14-29-23(15-17)25(32)30-22(24(31)27(34)36-4-2)16-18-9-5-8-12-21(18)28;1-2-26-18(25)16(23)14(9-11-5-3-4-6-13(11)20)22-17(24)15-10-12(19)7-8-21-15;1-6-18-13(17)11-9-7-8-10-12(11)16-19-14(2,3)15(4,5)20-16;7-4-1-2-8-5(3-4)6(9)10/h5-15,22,24,31H,3-4,16H2,1-2H3,(H,30,32);3-8,10,14,16,23H,2,9H2,1H3,(H,22,24);7-10H,6H2,1-5H3;1-3H,(H,9,10)/t22-,24-;14-,16-;;/m11../s1. The van der Waals surface area contributed by atoms with E-state index in [0.29, 0.717) is 60.0 Å². The number of aromatic carboxylic acids is 1. The molecule has 1 fully saturated rings. The highest BCUT2D eigenvalue weighted by atomic mass is 79.9. The van der Waals surface area contributed by atoms with E-state index in [1.165, 1.54) is 30.7 Å². The maximum Gasteiger partial charge on any atom is 0.495 e. The molecule has 3 aromatic heterocycles. The molecule has 92 heavy (non-hydrogen) atoms. The number of ether oxygens (including phenoxy) is 4. The highest BCUT2D eigenvalue weighted by Crippen LogP contribution is 2.37. The molecule has 486 valence electrons. The number of esters is 4. The first-order valence-electron chi connectivity index (χ1n) is 28.8. The number of nitrogens with zero attached hydrogens (tertiary/aromatic N) is 3. The van der Waals surface area contributed by atoms with E-state index >= 15 is 0 Å². The first kappa shape index (κ1) is 74.8. The number of pyridine rings is 3. The molecule has 0 bridgehead atoms. The van der Waals surface area contributed by atoms with Crippen LogP contribution < -0.4 is 16.1 Å². The van der Waals surface area contributed by atoms with Crippen molar-refractivity contribution in [2.75, 3.05) is 26.4 Å². The summed E-state index contributed by atoms with van der Waals surface area (Å²) in [4.78, 5) is 96.3. The fourth-order valence-electron chi connectivity index (χ4n) is 8.52. The molecule has 26 heteroatoms. The summed E-state index contributed by atoms with van der Waals surface area (Å²) in [6.45, 7) is 15.5. The Morgan fingerprint density at radius 3 is 1.37 bits per heavy atom. The van der Waals surface area contributed by atoms with Crippen LogP contribution in [0.5, 0.6) is 0 Å². The van der Waals surface area contributed by atoms with Gasteiger partial charge < -0.3 is 54.2 Å². The quantitative estimate of drug-likeness (QED) is 0.0254. The Morgan fingerprint density at radius 2 is 0.924 bits per heavy atom. The number of amides is 2. The van der Waals surface area contributed by atoms with Gasteiger partial charge in [0.05, 0.1) is 60.8 Å². The Bertz CT molecular complexity index is 3660. The molecule has 0 saturated carbocycles. The second-order valence-electron chi connectivity index (χ2n) is 20.8. The highest BCUT2D eigenvalue weighted by Gasteiger charge is 2.52. The summed E-state index contributed by atoms with van der Waals surface area (Å²) in [5.41, 5.74) is 3.41. The molecule has 1 aliphatic heterocycles. The minimum atomic E-state index is -1.63. The number of carbonyl (C=O) groups excluding carboxylic acids is 6. The average Bonchev–Trinajstić information content (AvgIpc) is 1.67. The van der Waals surface area contributed by atoms with Gasteiger partial charge in [-0.25, -0.2) is 29.0 Å². The van der Waals surface area contributed by atoms with Gasteiger partial charge in [0.2, 0.25) is 0 Å². The fraction of sp³-hybridized carbons (Fsp3) is 0.303. The lowest BCUT2D eigenvalue weighted by Gasteiger charge is -2.32. The molecule has 8 rings (SSSR count). The molecular formula is C66H70BBr2Cl2N5O16. The second-order valence-corrected chi connectivity index (χ2v) is 23.4. The monoisotopic (exact) mass is 1430 g/mol. The Kier molecular flexibility index (Phi) is 29.5. The number of halogens is 4. The first-order chi connectivity index (χ1) is 43.7. The summed E-state index contributed by atoms with van der Waals surface area (Å²) in [7, 11) is -0.555. The lowest BCUT2D eigenvalue weighted by molar-refractivity contribution is -0.155. The molecule has 2 amide bonds. The number of hydrogen-bond donors (Lipinski definition) is 5. The van der Waals surface area contributed by atoms with E-state index in [-0.39, 0.29) is 55.7 Å². The van der Waals surface area contributed by atoms with E-state index in [0.717, 1.165) is 4.47 Å². The van der Waals surface area contributed by atoms with E-state index in [1.807, 2.05) is 39.8 Å². The lowest BCUT2D eigenvalue weighted by Crippen LogP contribution is -2.49. The van der Waals surface area contributed by atoms with Gasteiger partial charge in [-0.3, -0.25) is 19.6 Å². The number of carboxylic acids is 1. The van der Waals surface area contributed by atoms with Crippen molar-refractivity contribution in [2.24, 2.45) is 0 Å². The van der Waals surface area contributed by atoms with Gasteiger partial charge in [-0.1, -0.05) is 128 Å². The van der Waals surface area contributed by atoms with Crippen LogP contribution in [0.1, 0.15) is 119 Å². The number of aliphatic hydroxyl groups excluding tert-OH is 2. The minimum Gasteiger partial charge on any atom is -0.477 e. The third-order valence-corrected chi connectivity index (χ3v) is 15.6. The van der Waals surface area contributed by atoms with E-state index < -0.39 is 78.3 Å². The molecule has 7 aromatic rings. The van der Waals surface area contributed by atoms with Crippen molar-refractivity contribution < 1.29 is 77.1 Å². The summed E-state index contributed by atoms with van der Waals surface area (Å²) >= 11 is 18.8. The van der Waals surface area contributed by atoms with Gasteiger partial charge in [-0.15, -0.1) is 0 Å². The summed E-state index contributed by atoms with van der Waals surface area (Å²) in [6.07, 6.45) is 1.42. The van der Waals surface area contributed by atoms with Crippen LogP contribution in [-0.4, -0.2) is 141 Å². The molecular weight excluding hydrogens is 1360 g/mol. The van der Waals surface area contributed by atoms with Crippen LogP contribution in [-0.2, 0) is 50.7 Å². The van der Waals surface area contributed by atoms with Gasteiger partial charge in [0, 0.05) is 37.6 Å². The highest BCUT2D eigenvalue weighted by molar-refractivity contribution is 9.10. The fourth-order valence-corrected chi connectivity index (χ4v) is 9.61. The van der Waals surface area contributed by atoms with Crippen LogP contribution in [0.15, 0.2) is 161 Å². The van der Waals surface area contributed by atoms with Gasteiger partial charge in [-0.05, 0) is 157 Å². The van der Waals surface area contributed by atoms with Gasteiger partial charge in [0.25, 0.3) is 11.8 Å². The number of hydrogen-bond acceptors (Lipinski definition) is 18. The molecule has 0 aliphatic carbocycles. The zero-order valence-electron chi connectivity index (χ0n) is 51.6. The van der Waals surface area contributed by atoms with E-state index in [4.69, 9.17) is 56.6 Å². The maximum absolute atomic E-state index is 13.2. The van der Waals surface area contributed by atoms with Crippen molar-refractivity contribution in [2.45, 2.75) is 104 Å². The summed E-state index contributed by atoms with van der Waals surface area (Å²) < 4.78 is 33.4. The third kappa shape index (κ3) is 21.9. The molecule has 4 heterocycles. The average molecular weight is 1430 g/mol. The molecule has 1 aliphatic rings. The predicted molar refractivity (Wildman–Crippen MR) is 353 cm³/mol. The molecule has 5 N–H and O–H groups in total. The maximum atomic E-state index is 13.2. The Hall–Kier alpha value is -7.94. The first-order valence-corrected chi connectivity index (χ1v) is 31.2. The van der Waals surface area contributed by atoms with Gasteiger partial charge in [-0.2, -0.15) is 0 Å². The number of nitrogens with one attached hydrogen (secondary N) is 2. The van der Waals surface area contributed by atoms with Crippen LogP contribution >= 0.6 is 55.1 Å². The van der Waals surface area contributed by atoms with E-state index in [2.05, 4.69) is 57.4 Å². The van der Waals surface area contributed by atoms with E-state index in [1.54, 1.807) is 137 Å².